The van der Waals surface area contributed by atoms with E-state index in [4.69, 9.17) is 4.42 Å². The number of nitrogens with one attached hydrogen (secondary N) is 1. The summed E-state index contributed by atoms with van der Waals surface area (Å²) in [5.74, 6) is 0.184. The number of aromatic nitrogens is 2. The monoisotopic (exact) mass is 261 g/mol. The van der Waals surface area contributed by atoms with Crippen LogP contribution >= 0.6 is 0 Å². The molecule has 0 bridgehead atoms. The van der Waals surface area contributed by atoms with Crippen LogP contribution in [-0.2, 0) is 4.79 Å². The number of amides is 1. The molecule has 1 aromatic carbocycles. The van der Waals surface area contributed by atoms with Gasteiger partial charge in [-0.25, -0.2) is 4.39 Å². The van der Waals surface area contributed by atoms with Gasteiger partial charge in [0.2, 0.25) is 17.7 Å². The number of aryl methyl sites for hydroxylation is 1. The van der Waals surface area contributed by atoms with Gasteiger partial charge in [-0.3, -0.25) is 4.79 Å². The fraction of sp³-hybridized carbons (Fsp3) is 0.308. The summed E-state index contributed by atoms with van der Waals surface area (Å²) in [5.41, 5.74) is 0.886. The van der Waals surface area contributed by atoms with Crippen LogP contribution in [0.15, 0.2) is 22.6 Å². The van der Waals surface area contributed by atoms with Crippen LogP contribution in [0.2, 0.25) is 0 Å². The van der Waals surface area contributed by atoms with Gasteiger partial charge in [0.15, 0.2) is 0 Å². The number of anilines is 1. The Hall–Kier alpha value is -2.24. The van der Waals surface area contributed by atoms with Gasteiger partial charge < -0.3 is 9.73 Å². The standard InChI is InChI=1S/C13H12FN3O2/c1-7-16-17-13(19-7)10-6-9(14)4-5-11(10)15-12(18)8-2-3-8/h4-6,8H,2-3H2,1H3,(H,15,18). The minimum Gasteiger partial charge on any atom is -0.421 e. The molecule has 6 heteroatoms. The molecule has 98 valence electrons. The lowest BCUT2D eigenvalue weighted by Crippen LogP contribution is -2.14. The lowest BCUT2D eigenvalue weighted by molar-refractivity contribution is -0.117. The Kier molecular flexibility index (Phi) is 2.77. The molecular formula is C13H12FN3O2. The zero-order chi connectivity index (χ0) is 13.4. The summed E-state index contributed by atoms with van der Waals surface area (Å²) in [4.78, 5) is 11.8. The number of hydrogen-bond acceptors (Lipinski definition) is 4. The first-order valence-electron chi connectivity index (χ1n) is 6.04. The maximum Gasteiger partial charge on any atom is 0.249 e. The molecule has 1 saturated carbocycles. The zero-order valence-corrected chi connectivity index (χ0v) is 10.3. The van der Waals surface area contributed by atoms with Crippen LogP contribution in [0.1, 0.15) is 18.7 Å². The number of carbonyl (C=O) groups excluding carboxylic acids is 1. The van der Waals surface area contributed by atoms with Crippen molar-refractivity contribution in [2.24, 2.45) is 5.92 Å². The Bertz CT molecular complexity index is 635. The number of carbonyl (C=O) groups is 1. The summed E-state index contributed by atoms with van der Waals surface area (Å²) in [7, 11) is 0. The quantitative estimate of drug-likeness (QED) is 0.921. The van der Waals surface area contributed by atoms with Gasteiger partial charge in [0, 0.05) is 12.8 Å². The molecular weight excluding hydrogens is 249 g/mol. The second-order valence-corrected chi connectivity index (χ2v) is 4.58. The van der Waals surface area contributed by atoms with Crippen molar-refractivity contribution < 1.29 is 13.6 Å². The number of benzene rings is 1. The average molecular weight is 261 g/mol. The number of rotatable bonds is 3. The molecule has 1 aliphatic rings. The second-order valence-electron chi connectivity index (χ2n) is 4.58. The van der Waals surface area contributed by atoms with E-state index in [9.17, 15) is 9.18 Å². The van der Waals surface area contributed by atoms with Crippen molar-refractivity contribution in [1.82, 2.24) is 10.2 Å². The van der Waals surface area contributed by atoms with Gasteiger partial charge in [-0.1, -0.05) is 0 Å². The van der Waals surface area contributed by atoms with Gasteiger partial charge in [-0.05, 0) is 31.0 Å². The van der Waals surface area contributed by atoms with Gasteiger partial charge in [0.25, 0.3) is 0 Å². The van der Waals surface area contributed by atoms with Crippen LogP contribution in [-0.4, -0.2) is 16.1 Å². The summed E-state index contributed by atoms with van der Waals surface area (Å²) in [5, 5.41) is 10.3. The normalized spacial score (nSPS) is 14.4. The molecule has 2 aromatic rings. The van der Waals surface area contributed by atoms with Crippen molar-refractivity contribution in [3.63, 3.8) is 0 Å². The molecule has 0 saturated heterocycles. The highest BCUT2D eigenvalue weighted by atomic mass is 19.1. The van der Waals surface area contributed by atoms with E-state index in [-0.39, 0.29) is 17.7 Å². The van der Waals surface area contributed by atoms with Crippen LogP contribution in [0.4, 0.5) is 10.1 Å². The second kappa shape index (κ2) is 4.46. The topological polar surface area (TPSA) is 68.0 Å². The molecule has 3 rings (SSSR count). The molecule has 1 heterocycles. The van der Waals surface area contributed by atoms with Gasteiger partial charge in [-0.15, -0.1) is 10.2 Å². The van der Waals surface area contributed by atoms with Gasteiger partial charge in [0.1, 0.15) is 5.82 Å². The Balaban J connectivity index is 1.96. The SMILES string of the molecule is Cc1nnc(-c2cc(F)ccc2NC(=O)C2CC2)o1. The lowest BCUT2D eigenvalue weighted by Gasteiger charge is -2.08. The molecule has 1 N–H and O–H groups in total. The minimum atomic E-state index is -0.421. The van der Waals surface area contributed by atoms with E-state index in [0.29, 0.717) is 17.1 Å². The Labute approximate surface area is 108 Å². The van der Waals surface area contributed by atoms with Gasteiger partial charge in [-0.2, -0.15) is 0 Å². The van der Waals surface area contributed by atoms with E-state index < -0.39 is 5.82 Å². The molecule has 0 aliphatic heterocycles. The van der Waals surface area contributed by atoms with E-state index in [2.05, 4.69) is 15.5 Å². The number of hydrogen-bond donors (Lipinski definition) is 1. The molecule has 1 aliphatic carbocycles. The van der Waals surface area contributed by atoms with Crippen molar-refractivity contribution >= 4 is 11.6 Å². The van der Waals surface area contributed by atoms with Crippen LogP contribution in [0.25, 0.3) is 11.5 Å². The largest absolute Gasteiger partial charge is 0.421 e. The predicted molar refractivity (Wildman–Crippen MR) is 65.8 cm³/mol. The highest BCUT2D eigenvalue weighted by molar-refractivity contribution is 5.97. The first kappa shape index (κ1) is 11.8. The molecule has 0 radical (unpaired) electrons. The van der Waals surface area contributed by atoms with Gasteiger partial charge in [0.05, 0.1) is 11.3 Å². The molecule has 0 unspecified atom stereocenters. The smallest absolute Gasteiger partial charge is 0.249 e. The lowest BCUT2D eigenvalue weighted by atomic mass is 10.1. The van der Waals surface area contributed by atoms with Crippen LogP contribution in [0, 0.1) is 18.7 Å². The van der Waals surface area contributed by atoms with E-state index in [0.717, 1.165) is 12.8 Å². The minimum absolute atomic E-state index is 0.0518. The molecule has 19 heavy (non-hydrogen) atoms. The van der Waals surface area contributed by atoms with Gasteiger partial charge >= 0.3 is 0 Å². The van der Waals surface area contributed by atoms with E-state index in [1.54, 1.807) is 6.92 Å². The fourth-order valence-electron chi connectivity index (χ4n) is 1.79. The maximum absolute atomic E-state index is 13.3. The van der Waals surface area contributed by atoms with E-state index in [1.165, 1.54) is 18.2 Å². The molecule has 5 nitrogen and oxygen atoms in total. The Morgan fingerprint density at radius 1 is 1.42 bits per heavy atom. The maximum atomic E-state index is 13.3. The summed E-state index contributed by atoms with van der Waals surface area (Å²) in [6, 6.07) is 4.06. The first-order valence-corrected chi connectivity index (χ1v) is 6.04. The molecule has 0 atom stereocenters. The van der Waals surface area contributed by atoms with Crippen molar-refractivity contribution in [2.45, 2.75) is 19.8 Å². The highest BCUT2D eigenvalue weighted by Crippen LogP contribution is 2.33. The molecule has 1 fully saturated rings. The molecule has 1 aromatic heterocycles. The summed E-state index contributed by atoms with van der Waals surface area (Å²) < 4.78 is 18.6. The summed E-state index contributed by atoms with van der Waals surface area (Å²) >= 11 is 0. The number of halogens is 1. The average Bonchev–Trinajstić information content (AvgIpc) is 3.14. The summed E-state index contributed by atoms with van der Waals surface area (Å²) in [6.45, 7) is 1.65. The number of nitrogens with zero attached hydrogens (tertiary/aromatic N) is 2. The third-order valence-corrected chi connectivity index (χ3v) is 2.94. The van der Waals surface area contributed by atoms with Crippen molar-refractivity contribution in [3.8, 4) is 11.5 Å². The van der Waals surface area contributed by atoms with Crippen molar-refractivity contribution in [2.75, 3.05) is 5.32 Å². The summed E-state index contributed by atoms with van der Waals surface area (Å²) in [6.07, 6.45) is 1.81. The van der Waals surface area contributed by atoms with E-state index in [1.807, 2.05) is 0 Å². The molecule has 1 amide bonds. The Morgan fingerprint density at radius 3 is 2.84 bits per heavy atom. The third-order valence-electron chi connectivity index (χ3n) is 2.94. The van der Waals surface area contributed by atoms with Crippen molar-refractivity contribution in [3.05, 3.63) is 29.9 Å². The molecule has 0 spiro atoms. The first-order chi connectivity index (χ1) is 9.13. The van der Waals surface area contributed by atoms with E-state index >= 15 is 0 Å². The van der Waals surface area contributed by atoms with Crippen LogP contribution in [0.3, 0.4) is 0 Å². The predicted octanol–water partition coefficient (Wildman–Crippen LogP) is 2.53. The van der Waals surface area contributed by atoms with Crippen LogP contribution in [0.5, 0.6) is 0 Å². The Morgan fingerprint density at radius 2 is 2.21 bits per heavy atom. The third kappa shape index (κ3) is 2.47. The highest BCUT2D eigenvalue weighted by Gasteiger charge is 2.30. The van der Waals surface area contributed by atoms with Crippen molar-refractivity contribution in [1.29, 1.82) is 0 Å². The zero-order valence-electron chi connectivity index (χ0n) is 10.3. The van der Waals surface area contributed by atoms with Crippen LogP contribution < -0.4 is 5.32 Å². The fourth-order valence-corrected chi connectivity index (χ4v) is 1.79.